The van der Waals surface area contributed by atoms with Crippen LogP contribution in [-0.2, 0) is 0 Å². The van der Waals surface area contributed by atoms with Crippen molar-refractivity contribution >= 4 is 48.6 Å². The molecule has 0 unspecified atom stereocenters. The molecule has 7 aromatic carbocycles. The fourth-order valence-corrected chi connectivity index (χ4v) is 6.59. The summed E-state index contributed by atoms with van der Waals surface area (Å²) < 4.78 is 55.7. The largest absolute Gasteiger partial charge is 0.310 e. The van der Waals surface area contributed by atoms with Crippen LogP contribution in [0.25, 0.3) is 53.6 Å². The van der Waals surface area contributed by atoms with Crippen molar-refractivity contribution in [2.45, 2.75) is 0 Å². The van der Waals surface area contributed by atoms with Gasteiger partial charge in [-0.05, 0) is 81.8 Å². The van der Waals surface area contributed by atoms with Gasteiger partial charge in [-0.1, -0.05) is 127 Å². The number of rotatable bonds is 6. The van der Waals surface area contributed by atoms with Crippen LogP contribution in [0.5, 0.6) is 0 Å². The highest BCUT2D eigenvalue weighted by Crippen LogP contribution is 2.46. The van der Waals surface area contributed by atoms with Gasteiger partial charge in [0, 0.05) is 31.5 Å². The Morgan fingerprint density at radius 1 is 0.432 bits per heavy atom. The van der Waals surface area contributed by atoms with E-state index in [1.54, 1.807) is 0 Å². The van der Waals surface area contributed by atoms with E-state index in [2.05, 4.69) is 24.3 Å². The number of nitrogens with zero attached hydrogens (tertiary/aromatic N) is 1. The molecule has 0 saturated carbocycles. The minimum Gasteiger partial charge on any atom is -0.310 e. The number of thiophene rings is 1. The number of fused-ring (bicyclic) bond motifs is 3. The lowest BCUT2D eigenvalue weighted by atomic mass is 10.0. The minimum atomic E-state index is -0.238. The predicted octanol–water partition coefficient (Wildman–Crippen LogP) is 12.5. The van der Waals surface area contributed by atoms with E-state index in [9.17, 15) is 2.74 Å². The smallest absolute Gasteiger partial charge is 0.0645 e. The Morgan fingerprint density at radius 3 is 1.43 bits per heavy atom. The van der Waals surface area contributed by atoms with Crippen LogP contribution in [0.1, 0.15) is 8.22 Å². The Balaban J connectivity index is 1.44. The third-order valence-electron chi connectivity index (χ3n) is 7.80. The molecule has 1 aromatic heterocycles. The first-order chi connectivity index (χ1) is 24.3. The van der Waals surface area contributed by atoms with Gasteiger partial charge >= 0.3 is 0 Å². The Bertz CT molecular complexity index is 2430. The molecular weight excluding hydrogens is 551 g/mol. The lowest BCUT2D eigenvalue weighted by Crippen LogP contribution is -2.10. The van der Waals surface area contributed by atoms with Crippen LogP contribution in [0.15, 0.2) is 176 Å². The molecule has 8 rings (SSSR count). The maximum Gasteiger partial charge on any atom is 0.0645 e. The molecule has 8 aromatic rings. The molecule has 0 saturated heterocycles. The summed E-state index contributed by atoms with van der Waals surface area (Å²) in [4.78, 5) is 1.93. The van der Waals surface area contributed by atoms with Gasteiger partial charge in [0.1, 0.15) is 0 Å². The SMILES string of the molecule is [2H]c1c(-c2ccccc2)c([2H])c2c(sc3c([2H])c([2H])c([2H])c(N(c4ccc(-c5ccccc5)cc4)c4ccc(-c5ccccc5)cc4)c32)c1[2H]. The normalized spacial score (nSPS) is 13.1. The van der Waals surface area contributed by atoms with Crippen molar-refractivity contribution in [1.29, 1.82) is 0 Å². The highest BCUT2D eigenvalue weighted by molar-refractivity contribution is 7.26. The second-order valence-corrected chi connectivity index (χ2v) is 11.5. The predicted molar refractivity (Wildman–Crippen MR) is 190 cm³/mol. The van der Waals surface area contributed by atoms with E-state index in [0.717, 1.165) is 45.0 Å². The second kappa shape index (κ2) is 11.3. The van der Waals surface area contributed by atoms with Gasteiger partial charge < -0.3 is 4.90 Å². The van der Waals surface area contributed by atoms with E-state index in [4.69, 9.17) is 5.48 Å². The molecule has 0 atom stereocenters. The monoisotopic (exact) mass is 585 g/mol. The molecule has 44 heavy (non-hydrogen) atoms. The third-order valence-corrected chi connectivity index (χ3v) is 8.82. The molecule has 0 radical (unpaired) electrons. The molecule has 0 aliphatic heterocycles. The molecule has 208 valence electrons. The first kappa shape index (κ1) is 20.5. The van der Waals surface area contributed by atoms with Crippen LogP contribution in [-0.4, -0.2) is 0 Å². The zero-order valence-corrected chi connectivity index (χ0v) is 24.5. The summed E-state index contributed by atoms with van der Waals surface area (Å²) >= 11 is 1.15. The van der Waals surface area contributed by atoms with Gasteiger partial charge in [-0.2, -0.15) is 0 Å². The van der Waals surface area contributed by atoms with Gasteiger partial charge in [0.25, 0.3) is 0 Å². The molecule has 2 heteroatoms. The average Bonchev–Trinajstić information content (AvgIpc) is 3.57. The summed E-state index contributed by atoms with van der Waals surface area (Å²) in [5.41, 5.74) is 7.00. The Hall–Kier alpha value is -5.44. The van der Waals surface area contributed by atoms with Gasteiger partial charge in [-0.3, -0.25) is 0 Å². The summed E-state index contributed by atoms with van der Waals surface area (Å²) in [7, 11) is 0. The van der Waals surface area contributed by atoms with Gasteiger partial charge in [-0.15, -0.1) is 11.3 Å². The fourth-order valence-electron chi connectivity index (χ4n) is 5.63. The highest BCUT2D eigenvalue weighted by atomic mass is 32.1. The number of anilines is 3. The Morgan fingerprint density at radius 2 is 0.909 bits per heavy atom. The Labute approximate surface area is 270 Å². The maximum atomic E-state index is 9.52. The zero-order chi connectivity index (χ0) is 34.5. The van der Waals surface area contributed by atoms with Crippen LogP contribution >= 0.6 is 11.3 Å². The summed E-state index contributed by atoms with van der Waals surface area (Å²) in [6.07, 6.45) is 0. The first-order valence-corrected chi connectivity index (χ1v) is 15.3. The average molecular weight is 586 g/mol. The van der Waals surface area contributed by atoms with E-state index < -0.39 is 0 Å². The minimum absolute atomic E-state index is 0.0366. The van der Waals surface area contributed by atoms with Crippen molar-refractivity contribution < 1.29 is 8.22 Å². The van der Waals surface area contributed by atoms with Gasteiger partial charge in [-0.25, -0.2) is 0 Å². The number of benzene rings is 7. The molecular formula is C42H29NS. The van der Waals surface area contributed by atoms with E-state index in [1.165, 1.54) is 0 Å². The quantitative estimate of drug-likeness (QED) is 0.188. The first-order valence-electron chi connectivity index (χ1n) is 17.5. The third kappa shape index (κ3) is 4.86. The lowest BCUT2D eigenvalue weighted by molar-refractivity contribution is 1.30. The van der Waals surface area contributed by atoms with Crippen LogP contribution in [0.4, 0.5) is 17.1 Å². The molecule has 0 aliphatic rings. The van der Waals surface area contributed by atoms with Crippen LogP contribution < -0.4 is 4.90 Å². The number of hydrogen-bond acceptors (Lipinski definition) is 2. The summed E-state index contributed by atoms with van der Waals surface area (Å²) in [6, 6.07) is 44.9. The molecule has 0 amide bonds. The molecule has 0 spiro atoms. The number of hydrogen-bond donors (Lipinski definition) is 0. The zero-order valence-electron chi connectivity index (χ0n) is 29.6. The Kier molecular flexibility index (Phi) is 5.27. The van der Waals surface area contributed by atoms with E-state index in [1.807, 2.05) is 120 Å². The van der Waals surface area contributed by atoms with Gasteiger partial charge in [0.05, 0.1) is 13.9 Å². The molecule has 0 N–H and O–H groups in total. The fraction of sp³-hybridized carbons (Fsp3) is 0. The summed E-state index contributed by atoms with van der Waals surface area (Å²) in [5, 5.41) is 0.875. The van der Waals surface area contributed by atoms with Crippen LogP contribution in [0, 0.1) is 0 Å². The molecule has 0 aliphatic carbocycles. The maximum absolute atomic E-state index is 9.52. The van der Waals surface area contributed by atoms with E-state index >= 15 is 0 Å². The molecule has 0 fully saturated rings. The van der Waals surface area contributed by atoms with Crippen molar-refractivity contribution in [2.24, 2.45) is 0 Å². The summed E-state index contributed by atoms with van der Waals surface area (Å²) in [5.74, 6) is 0. The van der Waals surface area contributed by atoms with E-state index in [0.29, 0.717) is 37.0 Å². The van der Waals surface area contributed by atoms with Crippen molar-refractivity contribution in [2.75, 3.05) is 4.90 Å². The van der Waals surface area contributed by atoms with E-state index in [-0.39, 0.29) is 36.3 Å². The van der Waals surface area contributed by atoms with Crippen molar-refractivity contribution in [3.05, 3.63) is 176 Å². The summed E-state index contributed by atoms with van der Waals surface area (Å²) in [6.45, 7) is 0. The molecule has 1 heterocycles. The van der Waals surface area contributed by atoms with Gasteiger partial charge in [0.2, 0.25) is 0 Å². The van der Waals surface area contributed by atoms with Crippen LogP contribution in [0.3, 0.4) is 0 Å². The molecule has 1 nitrogen and oxygen atoms in total. The van der Waals surface area contributed by atoms with Crippen LogP contribution in [0.2, 0.25) is 0 Å². The molecule has 0 bridgehead atoms. The van der Waals surface area contributed by atoms with Crippen molar-refractivity contribution in [3.8, 4) is 33.4 Å². The van der Waals surface area contributed by atoms with Crippen molar-refractivity contribution in [3.63, 3.8) is 0 Å². The highest BCUT2D eigenvalue weighted by Gasteiger charge is 2.19. The topological polar surface area (TPSA) is 3.24 Å². The second-order valence-electron chi connectivity index (χ2n) is 10.5. The lowest BCUT2D eigenvalue weighted by Gasteiger charge is -2.27. The van der Waals surface area contributed by atoms with Crippen molar-refractivity contribution in [1.82, 2.24) is 0 Å². The van der Waals surface area contributed by atoms with Gasteiger partial charge in [0.15, 0.2) is 0 Å². The standard InChI is InChI=1S/C42H29NS/c1-4-11-30(12-5-1)33-19-24-36(25-20-33)43(37-26-21-34(22-27-37)31-13-6-2-7-14-31)39-17-10-18-41-42(39)38-29-35(23-28-40(38)44-41)32-15-8-3-9-16-32/h1-29H/i10D,17D,18D,23D,28D,29D.